The number of carbonyl (C=O) groups excluding carboxylic acids is 1. The monoisotopic (exact) mass is 198 g/mol. The fraction of sp³-hybridized carbons (Fsp3) is 0.800. The van der Waals surface area contributed by atoms with E-state index in [0.29, 0.717) is 6.42 Å². The van der Waals surface area contributed by atoms with E-state index in [1.165, 1.54) is 26.4 Å². The van der Waals surface area contributed by atoms with Gasteiger partial charge in [0.25, 0.3) is 0 Å². The van der Waals surface area contributed by atoms with Crippen LogP contribution in [0.4, 0.5) is 0 Å². The van der Waals surface area contributed by atoms with Crippen molar-refractivity contribution in [1.29, 1.82) is 0 Å². The highest BCUT2D eigenvalue weighted by atomic mass is 16.5. The Labute approximate surface area is 84.9 Å². The summed E-state index contributed by atoms with van der Waals surface area (Å²) in [5.41, 5.74) is 0.832. The summed E-state index contributed by atoms with van der Waals surface area (Å²) in [4.78, 5) is 10.9. The van der Waals surface area contributed by atoms with Crippen LogP contribution in [0.3, 0.4) is 0 Å². The number of ether oxygens (including phenoxy) is 1. The van der Waals surface area contributed by atoms with Crippen LogP contribution in [0.15, 0.2) is 5.10 Å². The summed E-state index contributed by atoms with van der Waals surface area (Å²) in [6.07, 6.45) is 4.00. The summed E-state index contributed by atoms with van der Waals surface area (Å²) < 4.78 is 4.57. The Balaban J connectivity index is 2.37. The molecule has 0 N–H and O–H groups in total. The van der Waals surface area contributed by atoms with Crippen LogP contribution in [0, 0.1) is 0 Å². The molecule has 0 aromatic heterocycles. The number of piperidine rings is 1. The highest BCUT2D eigenvalue weighted by Crippen LogP contribution is 2.09. The molecular weight excluding hydrogens is 180 g/mol. The Kier molecular flexibility index (Phi) is 4.43. The van der Waals surface area contributed by atoms with E-state index in [9.17, 15) is 4.79 Å². The molecule has 0 radical (unpaired) electrons. The summed E-state index contributed by atoms with van der Waals surface area (Å²) >= 11 is 0. The minimum atomic E-state index is -0.219. The van der Waals surface area contributed by atoms with Crippen LogP contribution >= 0.6 is 0 Å². The first-order valence-corrected chi connectivity index (χ1v) is 5.08. The molecule has 0 aromatic carbocycles. The van der Waals surface area contributed by atoms with E-state index in [4.69, 9.17) is 0 Å². The van der Waals surface area contributed by atoms with Gasteiger partial charge < -0.3 is 4.74 Å². The van der Waals surface area contributed by atoms with Gasteiger partial charge in [-0.3, -0.25) is 9.80 Å². The Morgan fingerprint density at radius 2 is 2.00 bits per heavy atom. The number of carbonyl (C=O) groups is 1. The number of methoxy groups -OCH3 is 1. The number of esters is 1. The largest absolute Gasteiger partial charge is 0.469 e. The second kappa shape index (κ2) is 5.62. The van der Waals surface area contributed by atoms with Crippen LogP contribution in [0.5, 0.6) is 0 Å². The first kappa shape index (κ1) is 11.0. The van der Waals surface area contributed by atoms with E-state index < -0.39 is 0 Å². The van der Waals surface area contributed by atoms with E-state index in [1.807, 2.05) is 11.9 Å². The predicted octanol–water partition coefficient (Wildman–Crippen LogP) is 1.41. The molecule has 0 aliphatic carbocycles. The molecule has 1 saturated heterocycles. The van der Waals surface area contributed by atoms with Crippen molar-refractivity contribution in [3.63, 3.8) is 0 Å². The lowest BCUT2D eigenvalue weighted by molar-refractivity contribution is -0.139. The molecule has 0 amide bonds. The molecule has 80 valence electrons. The zero-order valence-corrected chi connectivity index (χ0v) is 8.95. The molecule has 1 aliphatic heterocycles. The molecule has 4 heteroatoms. The number of hydrogen-bond donors (Lipinski definition) is 0. The molecule has 1 heterocycles. The predicted molar refractivity (Wildman–Crippen MR) is 55.2 cm³/mol. The molecule has 1 rings (SSSR count). The van der Waals surface area contributed by atoms with Crippen molar-refractivity contribution in [1.82, 2.24) is 5.01 Å². The lowest BCUT2D eigenvalue weighted by atomic mass is 10.2. The molecule has 14 heavy (non-hydrogen) atoms. The van der Waals surface area contributed by atoms with Crippen LogP contribution in [0.1, 0.15) is 32.6 Å². The Morgan fingerprint density at radius 1 is 1.36 bits per heavy atom. The smallest absolute Gasteiger partial charge is 0.311 e. The summed E-state index contributed by atoms with van der Waals surface area (Å²) in [7, 11) is 1.40. The number of hydrogen-bond acceptors (Lipinski definition) is 4. The topological polar surface area (TPSA) is 41.9 Å². The first-order valence-electron chi connectivity index (χ1n) is 5.08. The van der Waals surface area contributed by atoms with Crippen molar-refractivity contribution >= 4 is 11.7 Å². The van der Waals surface area contributed by atoms with E-state index >= 15 is 0 Å². The quantitative estimate of drug-likeness (QED) is 0.508. The van der Waals surface area contributed by atoms with E-state index in [2.05, 4.69) is 9.84 Å². The van der Waals surface area contributed by atoms with Gasteiger partial charge in [0, 0.05) is 18.8 Å². The lowest BCUT2D eigenvalue weighted by Gasteiger charge is -2.24. The van der Waals surface area contributed by atoms with Crippen molar-refractivity contribution < 1.29 is 9.53 Å². The molecule has 1 fully saturated rings. The van der Waals surface area contributed by atoms with Gasteiger partial charge in [0.2, 0.25) is 0 Å². The van der Waals surface area contributed by atoms with Crippen LogP contribution < -0.4 is 0 Å². The van der Waals surface area contributed by atoms with Gasteiger partial charge >= 0.3 is 5.97 Å². The molecule has 1 aliphatic rings. The van der Waals surface area contributed by atoms with E-state index in [-0.39, 0.29) is 5.97 Å². The minimum absolute atomic E-state index is 0.219. The Bertz CT molecular complexity index is 220. The van der Waals surface area contributed by atoms with Crippen LogP contribution in [-0.4, -0.2) is 36.9 Å². The fourth-order valence-electron chi connectivity index (χ4n) is 1.54. The van der Waals surface area contributed by atoms with Crippen LogP contribution in [-0.2, 0) is 9.53 Å². The van der Waals surface area contributed by atoms with Crippen LogP contribution in [0.2, 0.25) is 0 Å². The Hall–Kier alpha value is -1.06. The SMILES string of the molecule is COC(=O)C/C(C)=N/N1CCCCC1. The average Bonchev–Trinajstić information content (AvgIpc) is 2.19. The van der Waals surface area contributed by atoms with Crippen molar-refractivity contribution in [3.05, 3.63) is 0 Å². The zero-order chi connectivity index (χ0) is 10.4. The average molecular weight is 198 g/mol. The molecule has 0 aromatic rings. The number of nitrogens with zero attached hydrogens (tertiary/aromatic N) is 2. The van der Waals surface area contributed by atoms with Crippen molar-refractivity contribution in [2.75, 3.05) is 20.2 Å². The standard InChI is InChI=1S/C10H18N2O2/c1-9(8-10(13)14-2)11-12-6-4-3-5-7-12/h3-8H2,1-2H3/b11-9+. The molecule has 4 nitrogen and oxygen atoms in total. The molecule has 0 atom stereocenters. The zero-order valence-electron chi connectivity index (χ0n) is 8.95. The Morgan fingerprint density at radius 3 is 2.57 bits per heavy atom. The summed E-state index contributed by atoms with van der Waals surface area (Å²) in [5.74, 6) is -0.219. The fourth-order valence-corrected chi connectivity index (χ4v) is 1.54. The molecule has 0 spiro atoms. The van der Waals surface area contributed by atoms with Gasteiger partial charge in [0.15, 0.2) is 0 Å². The lowest BCUT2D eigenvalue weighted by Crippen LogP contribution is -2.26. The van der Waals surface area contributed by atoms with E-state index in [1.54, 1.807) is 0 Å². The third-order valence-electron chi connectivity index (χ3n) is 2.27. The highest BCUT2D eigenvalue weighted by Gasteiger charge is 2.09. The van der Waals surface area contributed by atoms with Gasteiger partial charge in [-0.1, -0.05) is 0 Å². The first-order chi connectivity index (χ1) is 6.72. The van der Waals surface area contributed by atoms with Gasteiger partial charge in [-0.05, 0) is 26.2 Å². The third-order valence-corrected chi connectivity index (χ3v) is 2.27. The second-order valence-corrected chi connectivity index (χ2v) is 3.60. The maximum Gasteiger partial charge on any atom is 0.311 e. The van der Waals surface area contributed by atoms with E-state index in [0.717, 1.165) is 18.8 Å². The maximum atomic E-state index is 10.9. The van der Waals surface area contributed by atoms with Gasteiger partial charge in [0.1, 0.15) is 0 Å². The number of rotatable bonds is 3. The molecule has 0 unspecified atom stereocenters. The highest BCUT2D eigenvalue weighted by molar-refractivity contribution is 5.97. The van der Waals surface area contributed by atoms with Gasteiger partial charge in [-0.15, -0.1) is 0 Å². The molecular formula is C10H18N2O2. The van der Waals surface area contributed by atoms with Crippen LogP contribution in [0.25, 0.3) is 0 Å². The summed E-state index contributed by atoms with van der Waals surface area (Å²) in [6.45, 7) is 3.89. The summed E-state index contributed by atoms with van der Waals surface area (Å²) in [6, 6.07) is 0. The molecule has 0 bridgehead atoms. The second-order valence-electron chi connectivity index (χ2n) is 3.60. The van der Waals surface area contributed by atoms with Gasteiger partial charge in [0.05, 0.1) is 13.5 Å². The van der Waals surface area contributed by atoms with Gasteiger partial charge in [-0.25, -0.2) is 0 Å². The van der Waals surface area contributed by atoms with Crippen molar-refractivity contribution in [2.24, 2.45) is 5.10 Å². The molecule has 0 saturated carbocycles. The van der Waals surface area contributed by atoms with Crippen molar-refractivity contribution in [2.45, 2.75) is 32.6 Å². The normalized spacial score (nSPS) is 18.1. The van der Waals surface area contributed by atoms with Crippen molar-refractivity contribution in [3.8, 4) is 0 Å². The third kappa shape index (κ3) is 3.77. The number of hydrazone groups is 1. The van der Waals surface area contributed by atoms with Gasteiger partial charge in [-0.2, -0.15) is 5.10 Å². The maximum absolute atomic E-state index is 10.9. The minimum Gasteiger partial charge on any atom is -0.469 e. The summed E-state index contributed by atoms with van der Waals surface area (Å²) in [5, 5.41) is 6.42.